The summed E-state index contributed by atoms with van der Waals surface area (Å²) in [6.07, 6.45) is -3.64. The van der Waals surface area contributed by atoms with Crippen molar-refractivity contribution in [3.05, 3.63) is 47.9 Å². The zero-order valence-corrected chi connectivity index (χ0v) is 13.8. The summed E-state index contributed by atoms with van der Waals surface area (Å²) in [6, 6.07) is 6.38. The molecule has 0 saturated carbocycles. The van der Waals surface area contributed by atoms with Crippen LogP contribution in [0.15, 0.2) is 36.5 Å². The van der Waals surface area contributed by atoms with Gasteiger partial charge in [0.1, 0.15) is 11.4 Å². The van der Waals surface area contributed by atoms with Crippen LogP contribution < -0.4 is 4.74 Å². The molecule has 1 aromatic carbocycles. The second kappa shape index (κ2) is 7.40. The first-order chi connectivity index (χ1) is 12.9. The smallest absolute Gasteiger partial charge is 0.433 e. The van der Waals surface area contributed by atoms with Gasteiger partial charge in [-0.2, -0.15) is 28.5 Å². The minimum Gasteiger partial charge on any atom is -0.461 e. The van der Waals surface area contributed by atoms with Crippen LogP contribution in [-0.4, -0.2) is 38.0 Å². The lowest BCUT2D eigenvalue weighted by atomic mass is 10.1. The van der Waals surface area contributed by atoms with E-state index in [9.17, 15) is 18.0 Å². The molecule has 11 heteroatoms. The Labute approximate surface area is 150 Å². The normalized spacial score (nSPS) is 11.3. The highest BCUT2D eigenvalue weighted by Crippen LogP contribution is 2.29. The van der Waals surface area contributed by atoms with Crippen LogP contribution in [0.5, 0.6) is 11.8 Å². The fraction of sp³-hybridized carbons (Fsp3) is 0.188. The van der Waals surface area contributed by atoms with Gasteiger partial charge in [0.25, 0.3) is 0 Å². The van der Waals surface area contributed by atoms with Gasteiger partial charge in [0.15, 0.2) is 11.4 Å². The minimum atomic E-state index is -4.60. The summed E-state index contributed by atoms with van der Waals surface area (Å²) in [4.78, 5) is 18.8. The maximum atomic E-state index is 12.7. The number of rotatable bonds is 5. The SMILES string of the molecule is CCOC(=O)c1n[nH]nc1-c1ccc(Oc2nccc(C(F)(F)F)n2)cc1. The summed E-state index contributed by atoms with van der Waals surface area (Å²) in [5.74, 6) is -0.418. The van der Waals surface area contributed by atoms with E-state index in [1.807, 2.05) is 0 Å². The maximum Gasteiger partial charge on any atom is 0.433 e. The van der Waals surface area contributed by atoms with Crippen LogP contribution in [0.2, 0.25) is 0 Å². The van der Waals surface area contributed by atoms with Crippen LogP contribution in [0.4, 0.5) is 13.2 Å². The number of H-pyrrole nitrogens is 1. The number of hydrogen-bond donors (Lipinski definition) is 1. The second-order valence-electron chi connectivity index (χ2n) is 5.09. The molecule has 3 aromatic rings. The Morgan fingerprint density at radius 3 is 2.56 bits per heavy atom. The van der Waals surface area contributed by atoms with Crippen molar-refractivity contribution >= 4 is 5.97 Å². The van der Waals surface area contributed by atoms with Gasteiger partial charge in [-0.3, -0.25) is 0 Å². The van der Waals surface area contributed by atoms with E-state index in [2.05, 4.69) is 25.4 Å². The van der Waals surface area contributed by atoms with E-state index in [0.717, 1.165) is 12.3 Å². The molecule has 1 N–H and O–H groups in total. The lowest BCUT2D eigenvalue weighted by molar-refractivity contribution is -0.141. The van der Waals surface area contributed by atoms with Crippen molar-refractivity contribution in [3.63, 3.8) is 0 Å². The van der Waals surface area contributed by atoms with E-state index >= 15 is 0 Å². The van der Waals surface area contributed by atoms with Crippen molar-refractivity contribution in [2.24, 2.45) is 0 Å². The number of hydrogen-bond acceptors (Lipinski definition) is 7. The number of aromatic amines is 1. The van der Waals surface area contributed by atoms with Crippen molar-refractivity contribution in [2.45, 2.75) is 13.1 Å². The predicted molar refractivity (Wildman–Crippen MR) is 84.9 cm³/mol. The Bertz CT molecular complexity index is 941. The standard InChI is InChI=1S/C16H12F3N5O3/c1-2-26-14(25)13-12(22-24-23-13)9-3-5-10(6-4-9)27-15-20-8-7-11(21-15)16(17,18)19/h3-8H,2H2,1H3,(H,22,23,24). The second-order valence-corrected chi connectivity index (χ2v) is 5.09. The van der Waals surface area contributed by atoms with E-state index < -0.39 is 23.8 Å². The highest BCUT2D eigenvalue weighted by Gasteiger charge is 2.33. The Morgan fingerprint density at radius 1 is 1.15 bits per heavy atom. The molecule has 2 heterocycles. The number of benzene rings is 1. The maximum absolute atomic E-state index is 12.7. The first-order valence-electron chi connectivity index (χ1n) is 7.65. The third-order valence-electron chi connectivity index (χ3n) is 3.28. The van der Waals surface area contributed by atoms with Crippen LogP contribution in [-0.2, 0) is 10.9 Å². The van der Waals surface area contributed by atoms with E-state index in [1.165, 1.54) is 12.1 Å². The fourth-order valence-electron chi connectivity index (χ4n) is 2.11. The van der Waals surface area contributed by atoms with Crippen molar-refractivity contribution in [2.75, 3.05) is 6.61 Å². The Balaban J connectivity index is 1.79. The van der Waals surface area contributed by atoms with Crippen LogP contribution >= 0.6 is 0 Å². The summed E-state index contributed by atoms with van der Waals surface area (Å²) in [6.45, 7) is 1.86. The summed E-state index contributed by atoms with van der Waals surface area (Å²) in [7, 11) is 0. The predicted octanol–water partition coefficient (Wildman–Crippen LogP) is 3.25. The molecule has 2 aromatic heterocycles. The number of ether oxygens (including phenoxy) is 2. The monoisotopic (exact) mass is 379 g/mol. The third kappa shape index (κ3) is 4.19. The number of aromatic nitrogens is 5. The first-order valence-corrected chi connectivity index (χ1v) is 7.65. The molecule has 0 amide bonds. The first kappa shape index (κ1) is 18.3. The van der Waals surface area contributed by atoms with E-state index in [0.29, 0.717) is 5.56 Å². The molecule has 0 unspecified atom stereocenters. The zero-order chi connectivity index (χ0) is 19.4. The quantitative estimate of drug-likeness (QED) is 0.679. The van der Waals surface area contributed by atoms with Gasteiger partial charge in [0.2, 0.25) is 0 Å². The fourth-order valence-corrected chi connectivity index (χ4v) is 2.11. The molecule has 0 aliphatic heterocycles. The molecular weight excluding hydrogens is 367 g/mol. The highest BCUT2D eigenvalue weighted by atomic mass is 19.4. The summed E-state index contributed by atoms with van der Waals surface area (Å²) in [5.41, 5.74) is -0.281. The van der Waals surface area contributed by atoms with Gasteiger partial charge in [-0.15, -0.1) is 5.10 Å². The van der Waals surface area contributed by atoms with Gasteiger partial charge < -0.3 is 9.47 Å². The summed E-state index contributed by atoms with van der Waals surface area (Å²) in [5, 5.41) is 10.0. The average Bonchev–Trinajstić information content (AvgIpc) is 3.12. The number of esters is 1. The number of nitrogens with zero attached hydrogens (tertiary/aromatic N) is 4. The third-order valence-corrected chi connectivity index (χ3v) is 3.28. The van der Waals surface area contributed by atoms with Crippen LogP contribution in [0, 0.1) is 0 Å². The summed E-state index contributed by atoms with van der Waals surface area (Å²) >= 11 is 0. The molecule has 0 fully saturated rings. The molecular formula is C16H12F3N5O3. The molecule has 3 rings (SSSR count). The van der Waals surface area contributed by atoms with Crippen LogP contribution in [0.25, 0.3) is 11.3 Å². The number of carbonyl (C=O) groups excluding carboxylic acids is 1. The number of halogens is 3. The molecule has 140 valence electrons. The molecule has 0 saturated heterocycles. The molecule has 8 nitrogen and oxygen atoms in total. The largest absolute Gasteiger partial charge is 0.461 e. The Kier molecular flexibility index (Phi) is 5.01. The molecule has 0 atom stereocenters. The number of alkyl halides is 3. The van der Waals surface area contributed by atoms with Crippen molar-refractivity contribution in [1.82, 2.24) is 25.4 Å². The van der Waals surface area contributed by atoms with Gasteiger partial charge in [-0.25, -0.2) is 9.78 Å². The number of carbonyl (C=O) groups is 1. The molecule has 27 heavy (non-hydrogen) atoms. The van der Waals surface area contributed by atoms with Gasteiger partial charge in [-0.1, -0.05) is 0 Å². The highest BCUT2D eigenvalue weighted by molar-refractivity contribution is 5.93. The topological polar surface area (TPSA) is 103 Å². The van der Waals surface area contributed by atoms with Gasteiger partial charge in [-0.05, 0) is 37.3 Å². The lowest BCUT2D eigenvalue weighted by Crippen LogP contribution is -2.08. The lowest BCUT2D eigenvalue weighted by Gasteiger charge is -2.08. The van der Waals surface area contributed by atoms with E-state index in [1.54, 1.807) is 19.1 Å². The van der Waals surface area contributed by atoms with E-state index in [4.69, 9.17) is 9.47 Å². The van der Waals surface area contributed by atoms with Gasteiger partial charge in [0.05, 0.1) is 6.61 Å². The van der Waals surface area contributed by atoms with Gasteiger partial charge >= 0.3 is 18.2 Å². The minimum absolute atomic E-state index is 0.0201. The van der Waals surface area contributed by atoms with Gasteiger partial charge in [0, 0.05) is 11.8 Å². The number of nitrogens with one attached hydrogen (secondary N) is 1. The van der Waals surface area contributed by atoms with Crippen LogP contribution in [0.3, 0.4) is 0 Å². The molecule has 0 radical (unpaired) electrons. The molecule has 0 bridgehead atoms. The average molecular weight is 379 g/mol. The van der Waals surface area contributed by atoms with Crippen molar-refractivity contribution < 1.29 is 27.4 Å². The molecule has 0 aliphatic rings. The Morgan fingerprint density at radius 2 is 1.89 bits per heavy atom. The summed E-state index contributed by atoms with van der Waals surface area (Å²) < 4.78 is 48.2. The van der Waals surface area contributed by atoms with Crippen molar-refractivity contribution in [3.8, 4) is 23.0 Å². The molecule has 0 aliphatic carbocycles. The van der Waals surface area contributed by atoms with E-state index in [-0.39, 0.29) is 23.7 Å². The molecule has 0 spiro atoms. The van der Waals surface area contributed by atoms with Crippen molar-refractivity contribution in [1.29, 1.82) is 0 Å². The zero-order valence-electron chi connectivity index (χ0n) is 13.8. The van der Waals surface area contributed by atoms with Crippen LogP contribution in [0.1, 0.15) is 23.1 Å². The Hall–Kier alpha value is -3.50.